The van der Waals surface area contributed by atoms with Crippen LogP contribution in [0.2, 0.25) is 0 Å². The van der Waals surface area contributed by atoms with Gasteiger partial charge in [0.2, 0.25) is 5.91 Å². The number of aryl methyl sites for hydroxylation is 1. The molecule has 0 saturated carbocycles. The minimum absolute atomic E-state index is 0.0574. The molecule has 1 amide bonds. The number of rotatable bonds is 3. The Kier molecular flexibility index (Phi) is 3.51. The van der Waals surface area contributed by atoms with Crippen LogP contribution in [0.5, 0.6) is 0 Å². The Labute approximate surface area is 93.6 Å². The summed E-state index contributed by atoms with van der Waals surface area (Å²) < 4.78 is 18.0. The number of ether oxygens (including phenoxy) is 1. The number of carbonyl (C=O) groups excluding carboxylic acids is 1. The van der Waals surface area contributed by atoms with Gasteiger partial charge in [-0.2, -0.15) is 0 Å². The van der Waals surface area contributed by atoms with Crippen molar-refractivity contribution in [3.05, 3.63) is 35.6 Å². The summed E-state index contributed by atoms with van der Waals surface area (Å²) in [6, 6.07) is 6.46. The van der Waals surface area contributed by atoms with Gasteiger partial charge in [-0.05, 0) is 30.5 Å². The van der Waals surface area contributed by atoms with E-state index < -0.39 is 0 Å². The van der Waals surface area contributed by atoms with Crippen LogP contribution in [-0.4, -0.2) is 25.2 Å². The molecule has 0 aromatic heterocycles. The third-order valence-corrected chi connectivity index (χ3v) is 2.65. The molecule has 1 N–H and O–H groups in total. The maximum atomic E-state index is 12.7. The number of amides is 1. The van der Waals surface area contributed by atoms with E-state index in [2.05, 4.69) is 5.32 Å². The Morgan fingerprint density at radius 3 is 2.75 bits per heavy atom. The second-order valence-electron chi connectivity index (χ2n) is 3.90. The second-order valence-corrected chi connectivity index (χ2v) is 3.90. The molecule has 1 heterocycles. The number of hydrogen-bond acceptors (Lipinski definition) is 2. The van der Waals surface area contributed by atoms with Gasteiger partial charge >= 0.3 is 0 Å². The Morgan fingerprint density at radius 1 is 1.38 bits per heavy atom. The van der Waals surface area contributed by atoms with E-state index in [1.165, 1.54) is 12.1 Å². The Balaban J connectivity index is 1.79. The zero-order chi connectivity index (χ0) is 11.4. The third kappa shape index (κ3) is 3.03. The smallest absolute Gasteiger partial charge is 0.246 e. The normalized spacial score (nSPS) is 20.6. The van der Waals surface area contributed by atoms with Crippen molar-refractivity contribution in [2.24, 2.45) is 0 Å². The maximum Gasteiger partial charge on any atom is 0.246 e. The first-order valence-corrected chi connectivity index (χ1v) is 5.37. The van der Waals surface area contributed by atoms with E-state index in [1.807, 2.05) is 0 Å². The lowest BCUT2D eigenvalue weighted by Crippen LogP contribution is -2.43. The predicted molar refractivity (Wildman–Crippen MR) is 57.5 cm³/mol. The molecule has 1 saturated heterocycles. The van der Waals surface area contributed by atoms with Crippen molar-refractivity contribution in [1.82, 2.24) is 5.32 Å². The van der Waals surface area contributed by atoms with Crippen molar-refractivity contribution in [1.29, 1.82) is 0 Å². The highest BCUT2D eigenvalue weighted by Crippen LogP contribution is 2.10. The van der Waals surface area contributed by atoms with Crippen LogP contribution in [-0.2, 0) is 16.0 Å². The average molecular weight is 223 g/mol. The van der Waals surface area contributed by atoms with Gasteiger partial charge < -0.3 is 10.1 Å². The fourth-order valence-corrected chi connectivity index (χ4v) is 1.70. The van der Waals surface area contributed by atoms with Crippen molar-refractivity contribution in [2.75, 3.05) is 13.2 Å². The number of hydrogen-bond donors (Lipinski definition) is 1. The van der Waals surface area contributed by atoms with Crippen molar-refractivity contribution in [2.45, 2.75) is 18.9 Å². The first-order chi connectivity index (χ1) is 7.74. The summed E-state index contributed by atoms with van der Waals surface area (Å²) in [6.45, 7) is 0.716. The van der Waals surface area contributed by atoms with Crippen molar-refractivity contribution < 1.29 is 13.9 Å². The highest BCUT2D eigenvalue weighted by atomic mass is 19.1. The van der Waals surface area contributed by atoms with Gasteiger partial charge in [0, 0.05) is 6.54 Å². The standard InChI is InChI=1S/C12H14FNO2/c13-10-4-1-9(2-5-10)3-6-11-7-14-12(15)8-16-11/h1-2,4-5,11H,3,6-8H2,(H,14,15). The first-order valence-electron chi connectivity index (χ1n) is 5.37. The van der Waals surface area contributed by atoms with Crippen molar-refractivity contribution >= 4 is 5.91 Å². The minimum Gasteiger partial charge on any atom is -0.367 e. The van der Waals surface area contributed by atoms with Gasteiger partial charge in [-0.1, -0.05) is 12.1 Å². The van der Waals surface area contributed by atoms with Crippen LogP contribution >= 0.6 is 0 Å². The number of halogens is 1. The van der Waals surface area contributed by atoms with E-state index in [1.54, 1.807) is 12.1 Å². The second kappa shape index (κ2) is 5.07. The van der Waals surface area contributed by atoms with Gasteiger partial charge in [0.05, 0.1) is 6.10 Å². The summed E-state index contributed by atoms with van der Waals surface area (Å²) in [5, 5.41) is 2.75. The monoisotopic (exact) mass is 223 g/mol. The van der Waals surface area contributed by atoms with E-state index in [9.17, 15) is 9.18 Å². The number of morpholine rings is 1. The Hall–Kier alpha value is -1.42. The topological polar surface area (TPSA) is 38.3 Å². The van der Waals surface area contributed by atoms with Crippen LogP contribution in [0, 0.1) is 5.82 Å². The van der Waals surface area contributed by atoms with Crippen LogP contribution in [0.25, 0.3) is 0 Å². The SMILES string of the molecule is O=C1COC(CCc2ccc(F)cc2)CN1. The van der Waals surface area contributed by atoms with Crippen LogP contribution in [0.3, 0.4) is 0 Å². The zero-order valence-corrected chi connectivity index (χ0v) is 8.91. The average Bonchev–Trinajstić information content (AvgIpc) is 2.30. The first kappa shape index (κ1) is 11.1. The molecule has 1 aromatic carbocycles. The molecular weight excluding hydrogens is 209 g/mol. The molecular formula is C12H14FNO2. The maximum absolute atomic E-state index is 12.7. The van der Waals surface area contributed by atoms with Gasteiger partial charge in [-0.25, -0.2) is 4.39 Å². The molecule has 1 atom stereocenters. The minimum atomic E-state index is -0.218. The molecule has 1 unspecified atom stereocenters. The predicted octanol–water partition coefficient (Wildman–Crippen LogP) is 1.27. The number of nitrogens with one attached hydrogen (secondary N) is 1. The number of carbonyl (C=O) groups is 1. The molecule has 1 aliphatic heterocycles. The largest absolute Gasteiger partial charge is 0.367 e. The van der Waals surface area contributed by atoms with E-state index >= 15 is 0 Å². The summed E-state index contributed by atoms with van der Waals surface area (Å²) in [5.74, 6) is -0.275. The molecule has 1 fully saturated rings. The van der Waals surface area contributed by atoms with Crippen LogP contribution in [0.15, 0.2) is 24.3 Å². The van der Waals surface area contributed by atoms with Gasteiger partial charge in [-0.3, -0.25) is 4.79 Å². The zero-order valence-electron chi connectivity index (χ0n) is 8.91. The van der Waals surface area contributed by atoms with E-state index in [4.69, 9.17) is 4.74 Å². The van der Waals surface area contributed by atoms with Crippen molar-refractivity contribution in [3.63, 3.8) is 0 Å². The van der Waals surface area contributed by atoms with Gasteiger partial charge in [-0.15, -0.1) is 0 Å². The van der Waals surface area contributed by atoms with Crippen LogP contribution in [0.1, 0.15) is 12.0 Å². The summed E-state index contributed by atoms with van der Waals surface area (Å²) in [5.41, 5.74) is 1.09. The molecule has 86 valence electrons. The third-order valence-electron chi connectivity index (χ3n) is 2.65. The molecule has 0 spiro atoms. The molecule has 1 aromatic rings. The highest BCUT2D eigenvalue weighted by Gasteiger charge is 2.17. The quantitative estimate of drug-likeness (QED) is 0.838. The van der Waals surface area contributed by atoms with E-state index in [0.29, 0.717) is 6.54 Å². The molecule has 3 nitrogen and oxygen atoms in total. The molecule has 2 rings (SSSR count). The Morgan fingerprint density at radius 2 is 2.12 bits per heavy atom. The molecule has 4 heteroatoms. The lowest BCUT2D eigenvalue weighted by atomic mass is 10.1. The molecule has 0 bridgehead atoms. The fourth-order valence-electron chi connectivity index (χ4n) is 1.70. The van der Waals surface area contributed by atoms with E-state index in [0.717, 1.165) is 18.4 Å². The summed E-state index contributed by atoms with van der Waals surface area (Å²) in [6.07, 6.45) is 1.75. The number of benzene rings is 1. The van der Waals surface area contributed by atoms with Gasteiger partial charge in [0.1, 0.15) is 12.4 Å². The van der Waals surface area contributed by atoms with Crippen LogP contribution < -0.4 is 5.32 Å². The fraction of sp³-hybridized carbons (Fsp3) is 0.417. The molecule has 0 aliphatic carbocycles. The lowest BCUT2D eigenvalue weighted by molar-refractivity contribution is -0.133. The molecule has 16 heavy (non-hydrogen) atoms. The van der Waals surface area contributed by atoms with Gasteiger partial charge in [0.15, 0.2) is 0 Å². The van der Waals surface area contributed by atoms with Crippen LogP contribution in [0.4, 0.5) is 4.39 Å². The van der Waals surface area contributed by atoms with E-state index in [-0.39, 0.29) is 24.4 Å². The van der Waals surface area contributed by atoms with Crippen molar-refractivity contribution in [3.8, 4) is 0 Å². The summed E-state index contributed by atoms with van der Waals surface area (Å²) in [7, 11) is 0. The molecule has 1 aliphatic rings. The van der Waals surface area contributed by atoms with Gasteiger partial charge in [0.25, 0.3) is 0 Å². The lowest BCUT2D eigenvalue weighted by Gasteiger charge is -2.22. The summed E-state index contributed by atoms with van der Waals surface area (Å²) >= 11 is 0. The molecule has 0 radical (unpaired) electrons. The Bertz CT molecular complexity index is 354. The highest BCUT2D eigenvalue weighted by molar-refractivity contribution is 5.77. The summed E-state index contributed by atoms with van der Waals surface area (Å²) in [4.78, 5) is 10.8.